The van der Waals surface area contributed by atoms with Gasteiger partial charge < -0.3 is 20.1 Å². The molecule has 0 saturated carbocycles. The monoisotopic (exact) mass is 542 g/mol. The van der Waals surface area contributed by atoms with Gasteiger partial charge in [0.2, 0.25) is 0 Å². The van der Waals surface area contributed by atoms with Gasteiger partial charge in [-0.2, -0.15) is 0 Å². The summed E-state index contributed by atoms with van der Waals surface area (Å²) in [6.45, 7) is 9.10. The fourth-order valence-electron chi connectivity index (χ4n) is 3.31. The number of benzene rings is 1. The van der Waals surface area contributed by atoms with Crippen molar-refractivity contribution in [3.05, 3.63) is 64.9 Å². The minimum atomic E-state index is 0. The Morgan fingerprint density at radius 1 is 1.27 bits per heavy atom. The van der Waals surface area contributed by atoms with Crippen LogP contribution in [0.5, 0.6) is 5.75 Å². The maximum absolute atomic E-state index is 5.74. The van der Waals surface area contributed by atoms with E-state index in [-0.39, 0.29) is 24.0 Å². The Balaban J connectivity index is 0.00000320. The van der Waals surface area contributed by atoms with Crippen LogP contribution in [0, 0.1) is 0 Å². The van der Waals surface area contributed by atoms with Gasteiger partial charge in [-0.3, -0.25) is 9.89 Å². The van der Waals surface area contributed by atoms with E-state index in [0.29, 0.717) is 19.2 Å². The highest BCUT2D eigenvalue weighted by Crippen LogP contribution is 2.25. The van der Waals surface area contributed by atoms with Gasteiger partial charge in [0.1, 0.15) is 12.4 Å². The number of para-hydroxylation sites is 1. The third kappa shape index (κ3) is 7.26. The largest absolute Gasteiger partial charge is 0.489 e. The molecule has 1 aromatic heterocycles. The van der Waals surface area contributed by atoms with Crippen molar-refractivity contribution in [3.8, 4) is 5.75 Å². The van der Waals surface area contributed by atoms with Gasteiger partial charge in [-0.15, -0.1) is 35.3 Å². The number of aliphatic imine (C=N–C) groups is 1. The summed E-state index contributed by atoms with van der Waals surface area (Å²) >= 11 is 1.80. The first-order chi connectivity index (χ1) is 14.3. The molecule has 1 aliphatic rings. The first-order valence-corrected chi connectivity index (χ1v) is 10.8. The number of nitrogens with one attached hydrogen (secondary N) is 2. The molecule has 164 valence electrons. The predicted octanol–water partition coefficient (Wildman–Crippen LogP) is 3.67. The molecule has 3 rings (SSSR count). The molecular weight excluding hydrogens is 511 g/mol. The van der Waals surface area contributed by atoms with E-state index in [1.165, 1.54) is 4.88 Å². The van der Waals surface area contributed by atoms with Crippen molar-refractivity contribution in [1.82, 2.24) is 15.5 Å². The van der Waals surface area contributed by atoms with Crippen molar-refractivity contribution in [2.75, 3.05) is 46.5 Å². The summed E-state index contributed by atoms with van der Waals surface area (Å²) in [5, 5.41) is 9.03. The Bertz CT molecular complexity index is 779. The molecule has 0 amide bonds. The van der Waals surface area contributed by atoms with E-state index >= 15 is 0 Å². The molecule has 30 heavy (non-hydrogen) atoms. The highest BCUT2D eigenvalue weighted by atomic mass is 127. The van der Waals surface area contributed by atoms with E-state index in [1.54, 1.807) is 24.5 Å². The number of rotatable bonds is 9. The molecule has 2 N–H and O–H groups in total. The van der Waals surface area contributed by atoms with Gasteiger partial charge in [0.15, 0.2) is 5.96 Å². The van der Waals surface area contributed by atoms with E-state index in [1.807, 2.05) is 18.2 Å². The number of hydrogen-bond acceptors (Lipinski definition) is 5. The van der Waals surface area contributed by atoms with Crippen LogP contribution < -0.4 is 15.4 Å². The molecule has 6 nitrogen and oxygen atoms in total. The number of halogens is 1. The standard InChI is InChI=1S/C22H30N4O2S.HI/c1-3-12-28-20-8-5-4-7-18(20)16-24-22(23-2)25-17-19(21-9-6-15-29-21)26-10-13-27-14-11-26;/h3-9,15,19H,1,10-14,16-17H2,2H3,(H2,23,24,25);1H. The molecule has 1 saturated heterocycles. The van der Waals surface area contributed by atoms with Crippen LogP contribution in [-0.4, -0.2) is 57.4 Å². The average Bonchev–Trinajstić information content (AvgIpc) is 3.30. The predicted molar refractivity (Wildman–Crippen MR) is 135 cm³/mol. The SMILES string of the molecule is C=CCOc1ccccc1CNC(=NC)NCC(c1cccs1)N1CCOCC1.I. The number of nitrogens with zero attached hydrogens (tertiary/aromatic N) is 2. The molecular formula is C22H31IN4O2S. The van der Waals surface area contributed by atoms with Gasteiger partial charge in [-0.25, -0.2) is 0 Å². The number of guanidine groups is 1. The maximum Gasteiger partial charge on any atom is 0.191 e. The number of thiophene rings is 1. The van der Waals surface area contributed by atoms with Crippen molar-refractivity contribution >= 4 is 41.3 Å². The molecule has 1 unspecified atom stereocenters. The van der Waals surface area contributed by atoms with Crippen LogP contribution in [0.3, 0.4) is 0 Å². The van der Waals surface area contributed by atoms with Crippen LogP contribution in [0.15, 0.2) is 59.4 Å². The zero-order valence-corrected chi connectivity index (χ0v) is 20.5. The second-order valence-corrected chi connectivity index (χ2v) is 7.67. The lowest BCUT2D eigenvalue weighted by Crippen LogP contribution is -2.46. The Labute approximate surface area is 200 Å². The lowest BCUT2D eigenvalue weighted by molar-refractivity contribution is 0.0177. The van der Waals surface area contributed by atoms with E-state index < -0.39 is 0 Å². The van der Waals surface area contributed by atoms with Gasteiger partial charge in [0.05, 0.1) is 19.3 Å². The summed E-state index contributed by atoms with van der Waals surface area (Å²) in [5.41, 5.74) is 1.08. The van der Waals surface area contributed by atoms with Crippen molar-refractivity contribution in [2.24, 2.45) is 4.99 Å². The summed E-state index contributed by atoms with van der Waals surface area (Å²) in [7, 11) is 1.80. The number of hydrogen-bond donors (Lipinski definition) is 2. The van der Waals surface area contributed by atoms with Crippen molar-refractivity contribution < 1.29 is 9.47 Å². The van der Waals surface area contributed by atoms with Crippen LogP contribution in [0.25, 0.3) is 0 Å². The van der Waals surface area contributed by atoms with Crippen molar-refractivity contribution in [2.45, 2.75) is 12.6 Å². The van der Waals surface area contributed by atoms with E-state index in [9.17, 15) is 0 Å². The second kappa shape index (κ2) is 13.6. The minimum Gasteiger partial charge on any atom is -0.489 e. The summed E-state index contributed by atoms with van der Waals surface area (Å²) in [6.07, 6.45) is 1.75. The molecule has 0 bridgehead atoms. The molecule has 1 aliphatic heterocycles. The van der Waals surface area contributed by atoms with Crippen molar-refractivity contribution in [1.29, 1.82) is 0 Å². The topological polar surface area (TPSA) is 58.1 Å². The zero-order chi connectivity index (χ0) is 20.3. The van der Waals surface area contributed by atoms with Crippen LogP contribution in [0.4, 0.5) is 0 Å². The molecule has 0 aliphatic carbocycles. The fourth-order valence-corrected chi connectivity index (χ4v) is 4.17. The Kier molecular flexibility index (Phi) is 11.2. The first-order valence-electron chi connectivity index (χ1n) is 9.93. The van der Waals surface area contributed by atoms with Gasteiger partial charge in [0.25, 0.3) is 0 Å². The minimum absolute atomic E-state index is 0. The maximum atomic E-state index is 5.74. The highest BCUT2D eigenvalue weighted by molar-refractivity contribution is 14.0. The smallest absolute Gasteiger partial charge is 0.191 e. The van der Waals surface area contributed by atoms with Gasteiger partial charge in [-0.05, 0) is 17.5 Å². The Morgan fingerprint density at radius 2 is 2.07 bits per heavy atom. The lowest BCUT2D eigenvalue weighted by Gasteiger charge is -2.34. The summed E-state index contributed by atoms with van der Waals surface area (Å²) in [6, 6.07) is 12.6. The highest BCUT2D eigenvalue weighted by Gasteiger charge is 2.23. The van der Waals surface area contributed by atoms with Crippen molar-refractivity contribution in [3.63, 3.8) is 0 Å². The second-order valence-electron chi connectivity index (χ2n) is 6.69. The van der Waals surface area contributed by atoms with Gasteiger partial charge >= 0.3 is 0 Å². The number of ether oxygens (including phenoxy) is 2. The fraction of sp³-hybridized carbons (Fsp3) is 0.409. The molecule has 2 aromatic rings. The van der Waals surface area contributed by atoms with Gasteiger partial charge in [0, 0.05) is 43.7 Å². The Morgan fingerprint density at radius 3 is 2.77 bits per heavy atom. The van der Waals surface area contributed by atoms with E-state index in [2.05, 4.69) is 50.7 Å². The van der Waals surface area contributed by atoms with E-state index in [4.69, 9.17) is 9.47 Å². The molecule has 0 radical (unpaired) electrons. The zero-order valence-electron chi connectivity index (χ0n) is 17.4. The summed E-state index contributed by atoms with van der Waals surface area (Å²) < 4.78 is 11.3. The molecule has 1 atom stereocenters. The summed E-state index contributed by atoms with van der Waals surface area (Å²) in [5.74, 6) is 1.64. The molecule has 1 aromatic carbocycles. The normalized spacial score (nSPS) is 15.7. The third-order valence-electron chi connectivity index (χ3n) is 4.82. The molecule has 8 heteroatoms. The van der Waals surface area contributed by atoms with Gasteiger partial charge in [-0.1, -0.05) is 36.9 Å². The quantitative estimate of drug-likeness (QED) is 0.219. The average molecular weight is 542 g/mol. The van der Waals surface area contributed by atoms with Crippen LogP contribution >= 0.6 is 35.3 Å². The summed E-state index contributed by atoms with van der Waals surface area (Å²) in [4.78, 5) is 8.23. The lowest BCUT2D eigenvalue weighted by atomic mass is 10.2. The molecule has 0 spiro atoms. The number of morpholine rings is 1. The van der Waals surface area contributed by atoms with Crippen LogP contribution in [-0.2, 0) is 11.3 Å². The Hall–Kier alpha value is -1.62. The molecule has 1 fully saturated rings. The molecule has 2 heterocycles. The van der Waals surface area contributed by atoms with Crippen LogP contribution in [0.2, 0.25) is 0 Å². The van der Waals surface area contributed by atoms with E-state index in [0.717, 1.165) is 50.1 Å². The third-order valence-corrected chi connectivity index (χ3v) is 5.79. The van der Waals surface area contributed by atoms with Crippen LogP contribution in [0.1, 0.15) is 16.5 Å². The first kappa shape index (κ1) is 24.6.